The molecule has 0 bridgehead atoms. The van der Waals surface area contributed by atoms with Crippen LogP contribution in [0.15, 0.2) is 29.8 Å². The second kappa shape index (κ2) is 15.2. The van der Waals surface area contributed by atoms with Gasteiger partial charge in [-0.1, -0.05) is 25.8 Å². The molecule has 0 saturated carbocycles. The third-order valence-electron chi connectivity index (χ3n) is 2.23. The Morgan fingerprint density at radius 1 is 0.842 bits per heavy atom. The van der Waals surface area contributed by atoms with Gasteiger partial charge in [-0.15, -0.1) is 0 Å². The van der Waals surface area contributed by atoms with Crippen LogP contribution in [0.3, 0.4) is 0 Å². The van der Waals surface area contributed by atoms with Crippen molar-refractivity contribution in [2.75, 3.05) is 0 Å². The van der Waals surface area contributed by atoms with Crippen LogP contribution in [0.4, 0.5) is 0 Å². The minimum absolute atomic E-state index is 0. The van der Waals surface area contributed by atoms with Crippen molar-refractivity contribution in [3.63, 3.8) is 0 Å². The fraction of sp³-hybridized carbons (Fsp3) is 0.143. The van der Waals surface area contributed by atoms with Crippen molar-refractivity contribution in [2.24, 2.45) is 0 Å². The Morgan fingerprint density at radius 2 is 1.26 bits per heavy atom. The average molecular weight is 443 g/mol. The Bertz CT molecular complexity index is 445. The molecule has 0 unspecified atom stereocenters. The standard InChI is InChI=1S/C11H12P.3CO.W/c1-9-7-12(8-10(9)2)11-5-3-4-6-11;3*1-2;/h3-8H,1-2H3;;;;. The van der Waals surface area contributed by atoms with E-state index in [0.717, 1.165) is 0 Å². The molecule has 3 nitrogen and oxygen atoms in total. The molecule has 1 aromatic heterocycles. The molecule has 0 atom stereocenters. The maximum Gasteiger partial charge on any atom is 0 e. The van der Waals surface area contributed by atoms with E-state index in [1.807, 2.05) is 0 Å². The first kappa shape index (κ1) is 23.3. The zero-order valence-electron chi connectivity index (χ0n) is 10.5. The van der Waals surface area contributed by atoms with E-state index in [2.05, 4.69) is 70.0 Å². The van der Waals surface area contributed by atoms with E-state index in [1.165, 1.54) is 16.4 Å². The van der Waals surface area contributed by atoms with Gasteiger partial charge >= 0.3 is 33.9 Å². The SMILES string of the molecule is Cc1cp(C2=CC=C[CH]2)cc1C.[C-]#[O+].[C-]#[O+].[C-]#[O+].[W]. The van der Waals surface area contributed by atoms with Crippen molar-refractivity contribution in [3.8, 4) is 0 Å². The van der Waals surface area contributed by atoms with E-state index < -0.39 is 0 Å². The van der Waals surface area contributed by atoms with Gasteiger partial charge in [0.25, 0.3) is 0 Å². The smallest absolute Gasteiger partial charge is 0 e. The quantitative estimate of drug-likeness (QED) is 0.469. The van der Waals surface area contributed by atoms with Gasteiger partial charge in [0.1, 0.15) is 0 Å². The van der Waals surface area contributed by atoms with Gasteiger partial charge in [-0.05, 0) is 41.9 Å². The van der Waals surface area contributed by atoms with Crippen LogP contribution in [0.5, 0.6) is 0 Å². The van der Waals surface area contributed by atoms with E-state index in [9.17, 15) is 0 Å². The molecule has 97 valence electrons. The van der Waals surface area contributed by atoms with Crippen molar-refractivity contribution in [3.05, 3.63) is 67.3 Å². The predicted octanol–water partition coefficient (Wildman–Crippen LogP) is 3.79. The van der Waals surface area contributed by atoms with Crippen LogP contribution in [0.25, 0.3) is 5.31 Å². The molecule has 0 spiro atoms. The fourth-order valence-electron chi connectivity index (χ4n) is 1.34. The van der Waals surface area contributed by atoms with Crippen LogP contribution >= 0.6 is 7.53 Å². The first-order valence-electron chi connectivity index (χ1n) is 4.76. The number of hydrogen-bond acceptors (Lipinski definition) is 0. The second-order valence-electron chi connectivity index (χ2n) is 3.17. The van der Waals surface area contributed by atoms with Gasteiger partial charge in [-0.25, -0.2) is 0 Å². The molecule has 1 heterocycles. The number of aryl methyl sites for hydroxylation is 2. The minimum atomic E-state index is -0.106. The summed E-state index contributed by atoms with van der Waals surface area (Å²) in [5.74, 6) is 4.78. The third kappa shape index (κ3) is 8.04. The fourth-order valence-corrected chi connectivity index (χ4v) is 3.47. The molecule has 0 aliphatic heterocycles. The summed E-state index contributed by atoms with van der Waals surface area (Å²) in [4.78, 5) is 0. The zero-order chi connectivity index (χ0) is 14.6. The molecule has 0 aromatic carbocycles. The van der Waals surface area contributed by atoms with Gasteiger partial charge in [0, 0.05) is 27.5 Å². The van der Waals surface area contributed by atoms with Crippen LogP contribution in [-0.2, 0) is 35.0 Å². The minimum Gasteiger partial charge on any atom is 0 e. The molecular formula is C14H12O3PW. The summed E-state index contributed by atoms with van der Waals surface area (Å²) in [7, 11) is -0.106. The first-order valence-corrected chi connectivity index (χ1v) is 6.24. The van der Waals surface area contributed by atoms with Crippen molar-refractivity contribution in [2.45, 2.75) is 13.8 Å². The summed E-state index contributed by atoms with van der Waals surface area (Å²) < 4.78 is 22.5. The number of hydrogen-bond donors (Lipinski definition) is 0. The summed E-state index contributed by atoms with van der Waals surface area (Å²) in [6, 6.07) is 0. The monoisotopic (exact) mass is 443 g/mol. The molecule has 0 amide bonds. The van der Waals surface area contributed by atoms with Crippen molar-refractivity contribution in [1.29, 1.82) is 0 Å². The Labute approximate surface area is 129 Å². The molecule has 5 heteroatoms. The van der Waals surface area contributed by atoms with Gasteiger partial charge in [0.15, 0.2) is 0 Å². The molecule has 2 rings (SSSR count). The van der Waals surface area contributed by atoms with Gasteiger partial charge in [0.05, 0.1) is 0 Å². The summed E-state index contributed by atoms with van der Waals surface area (Å²) in [6.07, 6.45) is 8.65. The molecule has 1 radical (unpaired) electrons. The maximum atomic E-state index is 7.50. The normalized spacial score (nSPS) is 10.0. The molecule has 0 saturated heterocycles. The zero-order valence-corrected chi connectivity index (χ0v) is 14.4. The van der Waals surface area contributed by atoms with Gasteiger partial charge in [0.2, 0.25) is 0 Å². The van der Waals surface area contributed by atoms with Crippen LogP contribution in [0.1, 0.15) is 11.1 Å². The third-order valence-corrected chi connectivity index (χ3v) is 4.46. The maximum absolute atomic E-state index is 7.50. The molecule has 0 N–H and O–H groups in total. The second-order valence-corrected chi connectivity index (χ2v) is 5.02. The Kier molecular flexibility index (Phi) is 18.7. The Morgan fingerprint density at radius 3 is 1.58 bits per heavy atom. The Balaban J connectivity index is -0.000000325. The first-order chi connectivity index (χ1) is 8.77. The van der Waals surface area contributed by atoms with Gasteiger partial charge < -0.3 is 0 Å². The van der Waals surface area contributed by atoms with Gasteiger partial charge in [-0.3, -0.25) is 0 Å². The summed E-state index contributed by atoms with van der Waals surface area (Å²) in [6.45, 7) is 17.9. The molecule has 1 aliphatic rings. The molecule has 1 aromatic rings. The van der Waals surface area contributed by atoms with Crippen LogP contribution in [0, 0.1) is 40.2 Å². The van der Waals surface area contributed by atoms with E-state index in [4.69, 9.17) is 14.0 Å². The molecule has 19 heavy (non-hydrogen) atoms. The molecule has 1 aliphatic carbocycles. The van der Waals surface area contributed by atoms with E-state index >= 15 is 0 Å². The summed E-state index contributed by atoms with van der Waals surface area (Å²) in [5.41, 5.74) is 2.89. The van der Waals surface area contributed by atoms with E-state index in [1.54, 1.807) is 0 Å². The predicted molar refractivity (Wildman–Crippen MR) is 68.1 cm³/mol. The van der Waals surface area contributed by atoms with Crippen molar-refractivity contribution in [1.82, 2.24) is 0 Å². The van der Waals surface area contributed by atoms with Crippen molar-refractivity contribution < 1.29 is 35.0 Å². The van der Waals surface area contributed by atoms with Gasteiger partial charge in [-0.2, -0.15) is 0 Å². The Hall–Kier alpha value is -0.832. The van der Waals surface area contributed by atoms with Crippen LogP contribution in [-0.4, -0.2) is 0 Å². The van der Waals surface area contributed by atoms with E-state index in [0.29, 0.717) is 0 Å². The van der Waals surface area contributed by atoms with Crippen LogP contribution < -0.4 is 0 Å². The summed E-state index contributed by atoms with van der Waals surface area (Å²) >= 11 is 0. The number of allylic oxidation sites excluding steroid dienone is 4. The average Bonchev–Trinajstić information content (AvgIpc) is 3.08. The van der Waals surface area contributed by atoms with Crippen molar-refractivity contribution >= 4 is 12.8 Å². The number of rotatable bonds is 1. The topological polar surface area (TPSA) is 59.7 Å². The molecular weight excluding hydrogens is 431 g/mol. The molecule has 0 fully saturated rings. The largest absolute Gasteiger partial charge is 0 e. The van der Waals surface area contributed by atoms with E-state index in [-0.39, 0.29) is 28.6 Å². The summed E-state index contributed by atoms with van der Waals surface area (Å²) in [5, 5.41) is 1.47. The van der Waals surface area contributed by atoms with Crippen LogP contribution in [0.2, 0.25) is 0 Å².